The molecule has 0 atom stereocenters. The van der Waals surface area contributed by atoms with E-state index in [9.17, 15) is 9.59 Å². The predicted molar refractivity (Wildman–Crippen MR) is 134 cm³/mol. The number of amides is 2. The van der Waals surface area contributed by atoms with E-state index in [0.29, 0.717) is 45.3 Å². The van der Waals surface area contributed by atoms with Gasteiger partial charge < -0.3 is 14.8 Å². The van der Waals surface area contributed by atoms with Crippen LogP contribution < -0.4 is 19.5 Å². The maximum Gasteiger partial charge on any atom is 0.329 e. The lowest BCUT2D eigenvalue weighted by molar-refractivity contribution is 0.108. The number of aromatic nitrogens is 1. The number of fused-ring (bicyclic) bond motifs is 1. The number of benzene rings is 3. The molecule has 10 heteroatoms. The van der Waals surface area contributed by atoms with Crippen LogP contribution in [-0.4, -0.2) is 30.3 Å². The molecule has 0 fully saturated rings. The number of hydrogen-bond donors (Lipinski definition) is 2. The summed E-state index contributed by atoms with van der Waals surface area (Å²) in [5, 5.41) is 3.64. The Hall–Kier alpha value is -3.27. The van der Waals surface area contributed by atoms with Gasteiger partial charge in [0.2, 0.25) is 5.12 Å². The van der Waals surface area contributed by atoms with Crippen molar-refractivity contribution in [2.24, 2.45) is 0 Å². The molecular formula is C23H18ClN3O4S2. The van der Waals surface area contributed by atoms with Gasteiger partial charge in [0.15, 0.2) is 11.5 Å². The Morgan fingerprint density at radius 2 is 1.79 bits per heavy atom. The van der Waals surface area contributed by atoms with Gasteiger partial charge in [-0.25, -0.2) is 9.78 Å². The molecule has 4 aromatic rings. The van der Waals surface area contributed by atoms with Crippen molar-refractivity contribution in [2.75, 3.05) is 19.5 Å². The Morgan fingerprint density at radius 3 is 2.55 bits per heavy atom. The summed E-state index contributed by atoms with van der Waals surface area (Å²) in [4.78, 5) is 29.4. The molecule has 0 aliphatic rings. The number of thiazole rings is 1. The Balaban J connectivity index is 1.42. The Labute approximate surface area is 203 Å². The zero-order chi connectivity index (χ0) is 23.4. The van der Waals surface area contributed by atoms with Crippen LogP contribution in [0.25, 0.3) is 20.8 Å². The summed E-state index contributed by atoms with van der Waals surface area (Å²) in [5.74, 6) is 0.938. The summed E-state index contributed by atoms with van der Waals surface area (Å²) in [6.07, 6.45) is 0. The predicted octanol–water partition coefficient (Wildman–Crippen LogP) is 6.24. The van der Waals surface area contributed by atoms with Crippen LogP contribution in [0.15, 0.2) is 60.7 Å². The SMILES string of the molecule is COc1ccc(C(=O)SNC(=O)Nc2ccc(Cl)c(-c3nc4ccccc4s3)c2)cc1OC. The first kappa shape index (κ1) is 22.9. The lowest BCUT2D eigenvalue weighted by Crippen LogP contribution is -2.24. The maximum absolute atomic E-state index is 12.4. The number of halogens is 1. The van der Waals surface area contributed by atoms with E-state index in [1.165, 1.54) is 25.6 Å². The van der Waals surface area contributed by atoms with Gasteiger partial charge in [0, 0.05) is 28.8 Å². The lowest BCUT2D eigenvalue weighted by atomic mass is 10.2. The van der Waals surface area contributed by atoms with E-state index in [2.05, 4.69) is 15.0 Å². The molecular weight excluding hydrogens is 482 g/mol. The van der Waals surface area contributed by atoms with Gasteiger partial charge >= 0.3 is 6.03 Å². The number of carbonyl (C=O) groups excluding carboxylic acids is 2. The molecule has 0 saturated heterocycles. The number of rotatable bonds is 5. The van der Waals surface area contributed by atoms with Crippen molar-refractivity contribution in [1.82, 2.24) is 9.71 Å². The molecule has 0 saturated carbocycles. The quantitative estimate of drug-likeness (QED) is 0.316. The summed E-state index contributed by atoms with van der Waals surface area (Å²) >= 11 is 8.56. The highest BCUT2D eigenvalue weighted by Gasteiger charge is 2.15. The van der Waals surface area contributed by atoms with E-state index in [-0.39, 0.29) is 5.12 Å². The van der Waals surface area contributed by atoms with Crippen LogP contribution in [0.5, 0.6) is 11.5 Å². The van der Waals surface area contributed by atoms with Crippen LogP contribution in [0.1, 0.15) is 10.4 Å². The van der Waals surface area contributed by atoms with Gasteiger partial charge in [-0.2, -0.15) is 0 Å². The molecule has 0 bridgehead atoms. The van der Waals surface area contributed by atoms with Crippen LogP contribution in [0, 0.1) is 0 Å². The molecule has 0 unspecified atom stereocenters. The van der Waals surface area contributed by atoms with Crippen molar-refractivity contribution in [2.45, 2.75) is 0 Å². The van der Waals surface area contributed by atoms with E-state index >= 15 is 0 Å². The summed E-state index contributed by atoms with van der Waals surface area (Å²) < 4.78 is 13.9. The molecule has 33 heavy (non-hydrogen) atoms. The molecule has 168 valence electrons. The minimum atomic E-state index is -0.550. The fourth-order valence-electron chi connectivity index (χ4n) is 3.03. The molecule has 7 nitrogen and oxygen atoms in total. The highest BCUT2D eigenvalue weighted by molar-refractivity contribution is 8.12. The van der Waals surface area contributed by atoms with Gasteiger partial charge in [-0.15, -0.1) is 11.3 Å². The van der Waals surface area contributed by atoms with Crippen molar-refractivity contribution in [3.8, 4) is 22.1 Å². The molecule has 1 aromatic heterocycles. The molecule has 2 amide bonds. The van der Waals surface area contributed by atoms with E-state index < -0.39 is 6.03 Å². The minimum absolute atomic E-state index is 0.350. The summed E-state index contributed by atoms with van der Waals surface area (Å²) in [7, 11) is 3.00. The number of anilines is 1. The normalized spacial score (nSPS) is 10.6. The van der Waals surface area contributed by atoms with Crippen LogP contribution in [0.3, 0.4) is 0 Å². The summed E-state index contributed by atoms with van der Waals surface area (Å²) in [5.41, 5.74) is 2.48. The second kappa shape index (κ2) is 10.1. The van der Waals surface area contributed by atoms with Crippen molar-refractivity contribution < 1.29 is 19.1 Å². The second-order valence-corrected chi connectivity index (χ2v) is 8.91. The third kappa shape index (κ3) is 5.22. The number of hydrogen-bond acceptors (Lipinski definition) is 7. The lowest BCUT2D eigenvalue weighted by Gasteiger charge is -2.10. The number of nitrogens with one attached hydrogen (secondary N) is 2. The van der Waals surface area contributed by atoms with E-state index in [4.69, 9.17) is 21.1 Å². The second-order valence-electron chi connectivity index (χ2n) is 6.70. The number of carbonyl (C=O) groups is 2. The van der Waals surface area contributed by atoms with Crippen molar-refractivity contribution in [1.29, 1.82) is 0 Å². The fourth-order valence-corrected chi connectivity index (χ4v) is 4.77. The van der Waals surface area contributed by atoms with Gasteiger partial charge in [-0.1, -0.05) is 23.7 Å². The van der Waals surface area contributed by atoms with Gasteiger partial charge in [0.05, 0.1) is 29.5 Å². The highest BCUT2D eigenvalue weighted by Crippen LogP contribution is 2.36. The molecule has 0 spiro atoms. The monoisotopic (exact) mass is 499 g/mol. The number of urea groups is 1. The molecule has 3 aromatic carbocycles. The molecule has 1 heterocycles. The number of ether oxygens (including phenoxy) is 2. The number of nitrogens with zero attached hydrogens (tertiary/aromatic N) is 1. The largest absolute Gasteiger partial charge is 0.493 e. The number of methoxy groups -OCH3 is 2. The van der Waals surface area contributed by atoms with Crippen LogP contribution in [0.4, 0.5) is 10.5 Å². The number of para-hydroxylation sites is 1. The topological polar surface area (TPSA) is 89.5 Å². The zero-order valence-corrected chi connectivity index (χ0v) is 19.9. The minimum Gasteiger partial charge on any atom is -0.493 e. The van der Waals surface area contributed by atoms with Crippen LogP contribution in [0.2, 0.25) is 5.02 Å². The highest BCUT2D eigenvalue weighted by atomic mass is 35.5. The summed E-state index contributed by atoms with van der Waals surface area (Å²) in [6, 6.07) is 17.2. The van der Waals surface area contributed by atoms with Gasteiger partial charge in [0.25, 0.3) is 0 Å². The standard InChI is InChI=1S/C23H18ClN3O4S2/c1-30-18-10-7-13(11-19(18)31-2)22(28)33-27-23(29)25-14-8-9-16(24)15(12-14)21-26-17-5-3-4-6-20(17)32-21/h3-12H,1-2H3,(H2,25,27,29). The Kier molecular flexibility index (Phi) is 7.02. The fraction of sp³-hybridized carbons (Fsp3) is 0.0870. The first-order valence-electron chi connectivity index (χ1n) is 9.64. The molecule has 0 radical (unpaired) electrons. The Morgan fingerprint density at radius 1 is 1.00 bits per heavy atom. The molecule has 0 aliphatic carbocycles. The first-order chi connectivity index (χ1) is 16.0. The first-order valence-corrected chi connectivity index (χ1v) is 11.7. The third-order valence-corrected chi connectivity index (χ3v) is 6.71. The van der Waals surface area contributed by atoms with Crippen molar-refractivity contribution in [3.63, 3.8) is 0 Å². The third-order valence-electron chi connectivity index (χ3n) is 4.60. The van der Waals surface area contributed by atoms with Gasteiger partial charge in [0.1, 0.15) is 5.01 Å². The van der Waals surface area contributed by atoms with Gasteiger partial charge in [-0.3, -0.25) is 9.52 Å². The van der Waals surface area contributed by atoms with E-state index in [1.54, 1.807) is 36.4 Å². The van der Waals surface area contributed by atoms with Crippen LogP contribution >= 0.6 is 34.9 Å². The average molecular weight is 500 g/mol. The van der Waals surface area contributed by atoms with Gasteiger partial charge in [-0.05, 0) is 48.5 Å². The van der Waals surface area contributed by atoms with E-state index in [0.717, 1.165) is 15.2 Å². The molecule has 2 N–H and O–H groups in total. The smallest absolute Gasteiger partial charge is 0.329 e. The molecule has 4 rings (SSSR count). The Bertz CT molecular complexity index is 1310. The summed E-state index contributed by atoms with van der Waals surface area (Å²) in [6.45, 7) is 0. The average Bonchev–Trinajstić information content (AvgIpc) is 3.27. The van der Waals surface area contributed by atoms with E-state index in [1.807, 2.05) is 24.3 Å². The molecule has 0 aliphatic heterocycles. The van der Waals surface area contributed by atoms with Crippen molar-refractivity contribution in [3.05, 3.63) is 71.2 Å². The zero-order valence-electron chi connectivity index (χ0n) is 17.5. The van der Waals surface area contributed by atoms with Crippen molar-refractivity contribution >= 4 is 61.9 Å². The van der Waals surface area contributed by atoms with Crippen LogP contribution in [-0.2, 0) is 0 Å². The maximum atomic E-state index is 12.4.